The lowest BCUT2D eigenvalue weighted by Crippen LogP contribution is -2.42. The number of piperidine rings is 1. The second-order valence-electron chi connectivity index (χ2n) is 11.7. The van der Waals surface area contributed by atoms with Gasteiger partial charge in [-0.05, 0) is 68.2 Å². The van der Waals surface area contributed by atoms with Gasteiger partial charge in [-0.3, -0.25) is 9.59 Å². The zero-order chi connectivity index (χ0) is 29.5. The number of alkyl halides is 5. The number of rotatable bonds is 5. The summed E-state index contributed by atoms with van der Waals surface area (Å²) in [4.78, 5) is 29.2. The van der Waals surface area contributed by atoms with Crippen LogP contribution in [-0.2, 0) is 16.0 Å². The number of carbonyl (C=O) groups excluding carboxylic acids is 2. The molecule has 0 N–H and O–H groups in total. The van der Waals surface area contributed by atoms with E-state index >= 15 is 0 Å². The van der Waals surface area contributed by atoms with Gasteiger partial charge in [-0.2, -0.15) is 13.2 Å². The van der Waals surface area contributed by atoms with Crippen molar-refractivity contribution in [3.63, 3.8) is 0 Å². The Morgan fingerprint density at radius 3 is 2.17 bits per heavy atom. The van der Waals surface area contributed by atoms with Crippen molar-refractivity contribution in [3.8, 4) is 0 Å². The summed E-state index contributed by atoms with van der Waals surface area (Å²) in [5.74, 6) is -4.67. The molecule has 5 rings (SSSR count). The topological polar surface area (TPSA) is 40.6 Å². The SMILES string of the molecule is O=C(C1=CCC(c2cc(Cl)c(C[C@@H]3CCN(C4CCC(F)(F)CC4)C3=O)c(Cl)c2)C=C1)N1CCC(C(F)(F)F)CC1. The van der Waals surface area contributed by atoms with E-state index in [1.54, 1.807) is 17.1 Å². The van der Waals surface area contributed by atoms with Crippen LogP contribution in [0.5, 0.6) is 0 Å². The molecular formula is C30H33Cl2F5N2O2. The Hall–Kier alpha value is -2.13. The molecule has 0 aromatic heterocycles. The summed E-state index contributed by atoms with van der Waals surface area (Å²) in [7, 11) is 0. The molecule has 0 spiro atoms. The van der Waals surface area contributed by atoms with Crippen LogP contribution in [0.2, 0.25) is 10.0 Å². The highest BCUT2D eigenvalue weighted by Crippen LogP contribution is 2.40. The molecule has 1 aromatic carbocycles. The maximum absolute atomic E-state index is 13.6. The summed E-state index contributed by atoms with van der Waals surface area (Å²) < 4.78 is 66.0. The van der Waals surface area contributed by atoms with Gasteiger partial charge in [0, 0.05) is 66.0 Å². The molecule has 2 heterocycles. The number of hydrogen-bond donors (Lipinski definition) is 0. The van der Waals surface area contributed by atoms with E-state index in [-0.39, 0.29) is 68.5 Å². The summed E-state index contributed by atoms with van der Waals surface area (Å²) in [6.45, 7) is 0.720. The number of benzene rings is 1. The Morgan fingerprint density at radius 1 is 0.976 bits per heavy atom. The van der Waals surface area contributed by atoms with Crippen molar-refractivity contribution in [1.82, 2.24) is 9.80 Å². The predicted molar refractivity (Wildman–Crippen MR) is 147 cm³/mol. The largest absolute Gasteiger partial charge is 0.391 e. The van der Waals surface area contributed by atoms with Gasteiger partial charge in [0.15, 0.2) is 0 Å². The van der Waals surface area contributed by atoms with Crippen LogP contribution in [0.3, 0.4) is 0 Å². The Morgan fingerprint density at radius 2 is 1.61 bits per heavy atom. The van der Waals surface area contributed by atoms with Crippen LogP contribution >= 0.6 is 23.2 Å². The fraction of sp³-hybridized carbons (Fsp3) is 0.600. The monoisotopic (exact) mass is 618 g/mol. The first-order chi connectivity index (χ1) is 19.3. The van der Waals surface area contributed by atoms with Crippen molar-refractivity contribution >= 4 is 35.0 Å². The second-order valence-corrected chi connectivity index (χ2v) is 12.6. The third kappa shape index (κ3) is 6.76. The van der Waals surface area contributed by atoms with Gasteiger partial charge < -0.3 is 9.80 Å². The first-order valence-electron chi connectivity index (χ1n) is 14.2. The van der Waals surface area contributed by atoms with Gasteiger partial charge in [0.2, 0.25) is 11.8 Å². The molecule has 2 amide bonds. The summed E-state index contributed by atoms with van der Waals surface area (Å²) in [6.07, 6.45) is 2.76. The number of amides is 2. The van der Waals surface area contributed by atoms with E-state index in [9.17, 15) is 31.5 Å². The van der Waals surface area contributed by atoms with Crippen molar-refractivity contribution < 1.29 is 31.5 Å². The minimum absolute atomic E-state index is 0.0309. The normalized spacial score (nSPS) is 26.0. The van der Waals surface area contributed by atoms with E-state index in [1.807, 2.05) is 18.2 Å². The minimum atomic E-state index is -4.23. The van der Waals surface area contributed by atoms with Crippen LogP contribution in [0.4, 0.5) is 22.0 Å². The first-order valence-corrected chi connectivity index (χ1v) is 15.0. The van der Waals surface area contributed by atoms with Crippen LogP contribution in [0.15, 0.2) is 35.9 Å². The fourth-order valence-electron chi connectivity index (χ4n) is 6.55. The molecule has 41 heavy (non-hydrogen) atoms. The van der Waals surface area contributed by atoms with Gasteiger partial charge in [0.1, 0.15) is 0 Å². The zero-order valence-electron chi connectivity index (χ0n) is 22.5. The lowest BCUT2D eigenvalue weighted by Gasteiger charge is -2.34. The maximum atomic E-state index is 13.6. The highest BCUT2D eigenvalue weighted by molar-refractivity contribution is 6.36. The van der Waals surface area contributed by atoms with Gasteiger partial charge in [-0.1, -0.05) is 41.4 Å². The Balaban J connectivity index is 1.17. The molecule has 2 saturated heterocycles. The van der Waals surface area contributed by atoms with Crippen LogP contribution in [0.1, 0.15) is 68.4 Å². The molecule has 0 radical (unpaired) electrons. The smallest absolute Gasteiger partial charge is 0.339 e. The average molecular weight is 620 g/mol. The molecule has 3 fully saturated rings. The molecule has 1 unspecified atom stereocenters. The lowest BCUT2D eigenvalue weighted by molar-refractivity contribution is -0.186. The van der Waals surface area contributed by atoms with Crippen molar-refractivity contribution in [2.45, 2.75) is 81.8 Å². The van der Waals surface area contributed by atoms with Gasteiger partial charge in [-0.15, -0.1) is 0 Å². The molecule has 2 aliphatic carbocycles. The second kappa shape index (κ2) is 11.9. The summed E-state index contributed by atoms with van der Waals surface area (Å²) >= 11 is 13.3. The van der Waals surface area contributed by atoms with Crippen LogP contribution in [0, 0.1) is 11.8 Å². The highest BCUT2D eigenvalue weighted by atomic mass is 35.5. The molecule has 1 saturated carbocycles. The number of carbonyl (C=O) groups is 2. The van der Waals surface area contributed by atoms with E-state index < -0.39 is 18.0 Å². The quantitative estimate of drug-likeness (QED) is 0.317. The minimum Gasteiger partial charge on any atom is -0.339 e. The molecule has 11 heteroatoms. The molecule has 4 aliphatic rings. The molecule has 224 valence electrons. The fourth-order valence-corrected chi connectivity index (χ4v) is 7.21. The molecule has 2 atom stereocenters. The summed E-state index contributed by atoms with van der Waals surface area (Å²) in [5, 5.41) is 0.894. The first kappa shape index (κ1) is 30.3. The van der Waals surface area contributed by atoms with Gasteiger partial charge in [0.25, 0.3) is 5.91 Å². The number of halogens is 7. The van der Waals surface area contributed by atoms with Crippen molar-refractivity contribution in [3.05, 3.63) is 57.1 Å². The molecule has 0 bridgehead atoms. The number of nitrogens with zero attached hydrogens (tertiary/aromatic N) is 2. The van der Waals surface area contributed by atoms with Crippen molar-refractivity contribution in [2.24, 2.45) is 11.8 Å². The molecule has 2 aliphatic heterocycles. The van der Waals surface area contributed by atoms with Crippen LogP contribution < -0.4 is 0 Å². The molecular weight excluding hydrogens is 586 g/mol. The van der Waals surface area contributed by atoms with E-state index in [0.717, 1.165) is 5.56 Å². The predicted octanol–water partition coefficient (Wildman–Crippen LogP) is 7.73. The van der Waals surface area contributed by atoms with E-state index in [2.05, 4.69) is 0 Å². The average Bonchev–Trinajstić information content (AvgIpc) is 3.29. The maximum Gasteiger partial charge on any atom is 0.391 e. The van der Waals surface area contributed by atoms with Crippen molar-refractivity contribution in [1.29, 1.82) is 0 Å². The van der Waals surface area contributed by atoms with Gasteiger partial charge in [-0.25, -0.2) is 8.78 Å². The van der Waals surface area contributed by atoms with Crippen molar-refractivity contribution in [2.75, 3.05) is 19.6 Å². The zero-order valence-corrected chi connectivity index (χ0v) is 24.0. The Kier molecular flexibility index (Phi) is 8.78. The van der Waals surface area contributed by atoms with Gasteiger partial charge >= 0.3 is 6.18 Å². The van der Waals surface area contributed by atoms with E-state index in [0.29, 0.717) is 59.8 Å². The number of allylic oxidation sites excluding steroid dienone is 2. The third-order valence-corrected chi connectivity index (χ3v) is 9.79. The number of likely N-dealkylation sites (tertiary alicyclic amines) is 2. The standard InChI is InChI=1S/C30H33Cl2F5N2O2/c31-25-16-21(18-1-3-19(4-2-18)27(40)38-12-8-22(9-13-38)30(35,36)37)17-26(32)24(25)15-20-7-14-39(28(20)41)23-5-10-29(33,34)11-6-23/h1,3-4,16-18,20,22-23H,2,5-15H2/t18?,20-/m0/s1. The number of hydrogen-bond acceptors (Lipinski definition) is 2. The van der Waals surface area contributed by atoms with Crippen LogP contribution in [-0.4, -0.2) is 59.4 Å². The Labute approximate surface area is 246 Å². The van der Waals surface area contributed by atoms with Gasteiger partial charge in [0.05, 0.1) is 5.92 Å². The summed E-state index contributed by atoms with van der Waals surface area (Å²) in [6, 6.07) is 3.50. The lowest BCUT2D eigenvalue weighted by atomic mass is 9.88. The van der Waals surface area contributed by atoms with E-state index in [1.165, 1.54) is 4.90 Å². The Bertz CT molecular complexity index is 1210. The van der Waals surface area contributed by atoms with Crippen LogP contribution in [0.25, 0.3) is 0 Å². The summed E-state index contributed by atoms with van der Waals surface area (Å²) in [5.41, 5.74) is 2.00. The highest BCUT2D eigenvalue weighted by Gasteiger charge is 2.43. The van der Waals surface area contributed by atoms with E-state index in [4.69, 9.17) is 23.2 Å². The molecule has 4 nitrogen and oxygen atoms in total. The molecule has 1 aromatic rings. The third-order valence-electron chi connectivity index (χ3n) is 9.11.